The summed E-state index contributed by atoms with van der Waals surface area (Å²) in [7, 11) is 0. The van der Waals surface area contributed by atoms with Crippen molar-refractivity contribution >= 4 is 17.5 Å². The van der Waals surface area contributed by atoms with Crippen LogP contribution in [0.25, 0.3) is 11.1 Å². The van der Waals surface area contributed by atoms with Crippen LogP contribution in [0.3, 0.4) is 0 Å². The van der Waals surface area contributed by atoms with E-state index >= 15 is 0 Å². The molecule has 4 rings (SSSR count). The third-order valence-corrected chi connectivity index (χ3v) is 6.02. The van der Waals surface area contributed by atoms with Crippen LogP contribution < -0.4 is 10.7 Å². The first kappa shape index (κ1) is 19.6. The minimum atomic E-state index is -0.0856. The van der Waals surface area contributed by atoms with Crippen molar-refractivity contribution in [3.8, 4) is 11.1 Å². The molecule has 1 heterocycles. The zero-order valence-electron chi connectivity index (χ0n) is 17.3. The van der Waals surface area contributed by atoms with Gasteiger partial charge in [0, 0.05) is 24.7 Å². The number of hydrogen-bond acceptors (Lipinski definition) is 3. The number of amides is 2. The van der Waals surface area contributed by atoms with Crippen LogP contribution in [0.1, 0.15) is 60.5 Å². The van der Waals surface area contributed by atoms with Crippen LogP contribution in [0.5, 0.6) is 0 Å². The second-order valence-corrected chi connectivity index (χ2v) is 8.35. The molecule has 1 fully saturated rings. The van der Waals surface area contributed by atoms with E-state index in [1.54, 1.807) is 5.01 Å². The maximum absolute atomic E-state index is 12.9. The molecule has 0 aromatic heterocycles. The zero-order valence-corrected chi connectivity index (χ0v) is 17.3. The predicted molar refractivity (Wildman–Crippen MR) is 115 cm³/mol. The molecule has 2 aromatic rings. The highest BCUT2D eigenvalue weighted by molar-refractivity contribution is 6.00. The summed E-state index contributed by atoms with van der Waals surface area (Å²) in [5.41, 5.74) is 9.15. The second kappa shape index (κ2) is 8.37. The van der Waals surface area contributed by atoms with E-state index in [-0.39, 0.29) is 11.8 Å². The van der Waals surface area contributed by atoms with E-state index in [1.165, 1.54) is 39.0 Å². The summed E-state index contributed by atoms with van der Waals surface area (Å²) in [6.07, 6.45) is 6.47. The van der Waals surface area contributed by atoms with Crippen molar-refractivity contribution in [2.24, 2.45) is 5.92 Å². The summed E-state index contributed by atoms with van der Waals surface area (Å²) in [5.74, 6) is 0.665. The van der Waals surface area contributed by atoms with Crippen molar-refractivity contribution in [1.29, 1.82) is 0 Å². The Hall–Kier alpha value is -2.66. The molecule has 1 saturated carbocycles. The number of nitrogens with zero attached hydrogens (tertiary/aromatic N) is 1. The van der Waals surface area contributed by atoms with Gasteiger partial charge in [-0.1, -0.05) is 37.5 Å². The lowest BCUT2D eigenvalue weighted by Crippen LogP contribution is -2.41. The molecular weight excluding hydrogens is 362 g/mol. The van der Waals surface area contributed by atoms with Gasteiger partial charge in [-0.3, -0.25) is 14.6 Å². The van der Waals surface area contributed by atoms with Crippen molar-refractivity contribution in [2.45, 2.75) is 52.5 Å². The first-order valence-electron chi connectivity index (χ1n) is 10.6. The number of anilines is 1. The molecule has 1 aliphatic carbocycles. The van der Waals surface area contributed by atoms with E-state index in [0.29, 0.717) is 12.5 Å². The second-order valence-electron chi connectivity index (χ2n) is 8.35. The molecule has 2 amide bonds. The maximum atomic E-state index is 12.9. The Morgan fingerprint density at radius 2 is 1.90 bits per heavy atom. The fourth-order valence-electron chi connectivity index (χ4n) is 4.57. The number of hydrazine groups is 1. The molecule has 2 N–H and O–H groups in total. The molecular formula is C24H29N3O2. The van der Waals surface area contributed by atoms with E-state index < -0.39 is 0 Å². The third-order valence-electron chi connectivity index (χ3n) is 6.02. The van der Waals surface area contributed by atoms with E-state index in [2.05, 4.69) is 22.9 Å². The molecule has 5 heteroatoms. The largest absolute Gasteiger partial charge is 0.326 e. The molecule has 0 radical (unpaired) electrons. The fourth-order valence-corrected chi connectivity index (χ4v) is 4.57. The summed E-state index contributed by atoms with van der Waals surface area (Å²) >= 11 is 0. The van der Waals surface area contributed by atoms with Crippen LogP contribution in [-0.2, 0) is 11.3 Å². The molecule has 1 aliphatic heterocycles. The van der Waals surface area contributed by atoms with E-state index in [0.717, 1.165) is 40.0 Å². The van der Waals surface area contributed by atoms with Crippen molar-refractivity contribution in [3.05, 3.63) is 53.1 Å². The summed E-state index contributed by atoms with van der Waals surface area (Å²) in [4.78, 5) is 24.3. The van der Waals surface area contributed by atoms with Crippen LogP contribution in [0.2, 0.25) is 0 Å². The van der Waals surface area contributed by atoms with Gasteiger partial charge in [0.05, 0.1) is 6.54 Å². The number of benzene rings is 2. The van der Waals surface area contributed by atoms with Crippen molar-refractivity contribution < 1.29 is 9.59 Å². The molecule has 2 aliphatic rings. The van der Waals surface area contributed by atoms with Crippen molar-refractivity contribution in [3.63, 3.8) is 0 Å². The Balaban J connectivity index is 1.52. The Morgan fingerprint density at radius 1 is 1.10 bits per heavy atom. The molecule has 152 valence electrons. The highest BCUT2D eigenvalue weighted by atomic mass is 16.2. The smallest absolute Gasteiger partial charge is 0.268 e. The number of hydrogen-bond donors (Lipinski definition) is 2. The van der Waals surface area contributed by atoms with Gasteiger partial charge in [-0.2, -0.15) is 0 Å². The fraction of sp³-hybridized carbons (Fsp3) is 0.417. The zero-order chi connectivity index (χ0) is 20.4. The highest BCUT2D eigenvalue weighted by Crippen LogP contribution is 2.32. The van der Waals surface area contributed by atoms with Crippen LogP contribution in [0.15, 0.2) is 36.4 Å². The molecule has 0 saturated heterocycles. The predicted octanol–water partition coefficient (Wildman–Crippen LogP) is 4.66. The summed E-state index contributed by atoms with van der Waals surface area (Å²) in [5, 5.41) is 4.61. The van der Waals surface area contributed by atoms with Gasteiger partial charge in [-0.15, -0.1) is 0 Å². The number of rotatable bonds is 5. The number of carbonyl (C=O) groups is 2. The van der Waals surface area contributed by atoms with E-state index in [4.69, 9.17) is 0 Å². The molecule has 2 aromatic carbocycles. The normalized spacial score (nSPS) is 16.8. The SMILES string of the molecule is CC(=O)Nc1cccc(-c2cc(C)c3c(c2)CN(NCC2CCCCC2)C3=O)c1. The van der Waals surface area contributed by atoms with Gasteiger partial charge < -0.3 is 5.32 Å². The van der Waals surface area contributed by atoms with Gasteiger partial charge in [0.1, 0.15) is 0 Å². The highest BCUT2D eigenvalue weighted by Gasteiger charge is 2.30. The lowest BCUT2D eigenvalue weighted by molar-refractivity contribution is -0.114. The number of fused-ring (bicyclic) bond motifs is 1. The Bertz CT molecular complexity index is 932. The molecule has 0 atom stereocenters. The third kappa shape index (κ3) is 4.35. The maximum Gasteiger partial charge on any atom is 0.268 e. The van der Waals surface area contributed by atoms with Crippen LogP contribution in [0, 0.1) is 12.8 Å². The van der Waals surface area contributed by atoms with Gasteiger partial charge in [-0.05, 0) is 66.1 Å². The number of nitrogens with one attached hydrogen (secondary N) is 2. The summed E-state index contributed by atoms with van der Waals surface area (Å²) in [6, 6.07) is 12.0. The molecule has 0 bridgehead atoms. The van der Waals surface area contributed by atoms with Crippen molar-refractivity contribution in [1.82, 2.24) is 10.4 Å². The van der Waals surface area contributed by atoms with Crippen LogP contribution in [0.4, 0.5) is 5.69 Å². The summed E-state index contributed by atoms with van der Waals surface area (Å²) in [6.45, 7) is 4.99. The average Bonchev–Trinajstić information content (AvgIpc) is 3.03. The van der Waals surface area contributed by atoms with Gasteiger partial charge in [0.15, 0.2) is 0 Å². The number of aryl methyl sites for hydroxylation is 1. The van der Waals surface area contributed by atoms with Crippen LogP contribution >= 0.6 is 0 Å². The quantitative estimate of drug-likeness (QED) is 0.779. The molecule has 0 unspecified atom stereocenters. The summed E-state index contributed by atoms with van der Waals surface area (Å²) < 4.78 is 0. The first-order chi connectivity index (χ1) is 14.0. The lowest BCUT2D eigenvalue weighted by atomic mass is 9.89. The van der Waals surface area contributed by atoms with Crippen LogP contribution in [-0.4, -0.2) is 23.4 Å². The topological polar surface area (TPSA) is 61.4 Å². The molecule has 0 spiro atoms. The van der Waals surface area contributed by atoms with Gasteiger partial charge in [-0.25, -0.2) is 5.43 Å². The van der Waals surface area contributed by atoms with Gasteiger partial charge in [0.25, 0.3) is 5.91 Å². The van der Waals surface area contributed by atoms with Gasteiger partial charge >= 0.3 is 0 Å². The van der Waals surface area contributed by atoms with Gasteiger partial charge in [0.2, 0.25) is 5.91 Å². The Labute approximate surface area is 172 Å². The monoisotopic (exact) mass is 391 g/mol. The number of carbonyl (C=O) groups excluding carboxylic acids is 2. The first-order valence-corrected chi connectivity index (χ1v) is 10.6. The molecule has 5 nitrogen and oxygen atoms in total. The standard InChI is InChI=1S/C24H29N3O2/c1-16-11-20(19-9-6-10-22(13-19)26-17(2)28)12-21-15-27(24(29)23(16)21)25-14-18-7-4-3-5-8-18/h6,9-13,18,25H,3-5,7-8,14-15H2,1-2H3,(H,26,28). The molecule has 29 heavy (non-hydrogen) atoms. The Morgan fingerprint density at radius 3 is 2.66 bits per heavy atom. The lowest BCUT2D eigenvalue weighted by Gasteiger charge is -2.25. The van der Waals surface area contributed by atoms with E-state index in [1.807, 2.05) is 31.2 Å². The van der Waals surface area contributed by atoms with E-state index in [9.17, 15) is 9.59 Å². The minimum Gasteiger partial charge on any atom is -0.326 e. The minimum absolute atomic E-state index is 0.0758. The Kier molecular flexibility index (Phi) is 5.67. The van der Waals surface area contributed by atoms with Crippen molar-refractivity contribution in [2.75, 3.05) is 11.9 Å². The average molecular weight is 392 g/mol.